The first kappa shape index (κ1) is 25.2. The van der Waals surface area contributed by atoms with Gasteiger partial charge in [-0.25, -0.2) is 14.5 Å². The molecule has 0 bridgehead atoms. The van der Waals surface area contributed by atoms with Gasteiger partial charge in [0.1, 0.15) is 5.82 Å². The molecule has 12 heteroatoms. The summed E-state index contributed by atoms with van der Waals surface area (Å²) in [6.07, 6.45) is 5.58. The summed E-state index contributed by atoms with van der Waals surface area (Å²) in [4.78, 5) is 21.9. The van der Waals surface area contributed by atoms with Crippen molar-refractivity contribution in [3.63, 3.8) is 0 Å². The maximum absolute atomic E-state index is 13.7. The van der Waals surface area contributed by atoms with Gasteiger partial charge in [-0.1, -0.05) is 6.07 Å². The van der Waals surface area contributed by atoms with Crippen LogP contribution < -0.4 is 5.32 Å². The molecule has 40 heavy (non-hydrogen) atoms. The number of halogens is 3. The van der Waals surface area contributed by atoms with Crippen molar-refractivity contribution in [1.29, 1.82) is 0 Å². The minimum absolute atomic E-state index is 0.129. The molecule has 0 saturated heterocycles. The number of rotatable bonds is 5. The van der Waals surface area contributed by atoms with Gasteiger partial charge in [-0.15, -0.1) is 0 Å². The van der Waals surface area contributed by atoms with Crippen molar-refractivity contribution in [2.24, 2.45) is 0 Å². The number of nitrogens with zero attached hydrogens (tertiary/aromatic N) is 6. The second-order valence-corrected chi connectivity index (χ2v) is 9.49. The molecule has 6 aromatic rings. The number of hydrogen-bond acceptors (Lipinski definition) is 4. The van der Waals surface area contributed by atoms with Crippen LogP contribution in [0.5, 0.6) is 0 Å². The standard InChI is InChI=1S/C28H23F3N8O/c1-16-4-5-22(11-24(16)38-15-17(2)26-33-14-25(39(26)38)20-12-34-35-13-20)36-27(40)19-8-21(28(29,30)31)10-23(9-19)37-7-6-32-18(37)3/h4-15H,1-3H3,(H,34,35)(H,36,40). The molecule has 6 rings (SSSR count). The van der Waals surface area contributed by atoms with Gasteiger partial charge in [-0.3, -0.25) is 14.6 Å². The number of fused-ring (bicyclic) bond motifs is 1. The van der Waals surface area contributed by atoms with Crippen LogP contribution in [0.4, 0.5) is 18.9 Å². The van der Waals surface area contributed by atoms with Gasteiger partial charge in [0, 0.05) is 52.9 Å². The minimum atomic E-state index is -4.63. The zero-order valence-electron chi connectivity index (χ0n) is 21.7. The normalized spacial score (nSPS) is 11.8. The topological polar surface area (TPSA) is 97.8 Å². The quantitative estimate of drug-likeness (QED) is 0.283. The maximum Gasteiger partial charge on any atom is 0.416 e. The molecule has 0 radical (unpaired) electrons. The maximum atomic E-state index is 13.7. The van der Waals surface area contributed by atoms with Crippen molar-refractivity contribution in [2.75, 3.05) is 5.32 Å². The number of aromatic amines is 1. The van der Waals surface area contributed by atoms with Crippen LogP contribution in [0.1, 0.15) is 32.9 Å². The lowest BCUT2D eigenvalue weighted by Crippen LogP contribution is -2.16. The molecular weight excluding hydrogens is 521 g/mol. The Morgan fingerprint density at radius 1 is 1.00 bits per heavy atom. The summed E-state index contributed by atoms with van der Waals surface area (Å²) in [6, 6.07) is 8.59. The molecule has 0 atom stereocenters. The number of amides is 1. The van der Waals surface area contributed by atoms with Crippen LogP contribution >= 0.6 is 0 Å². The molecule has 0 aliphatic carbocycles. The Morgan fingerprint density at radius 2 is 1.82 bits per heavy atom. The largest absolute Gasteiger partial charge is 0.416 e. The number of aromatic nitrogens is 7. The van der Waals surface area contributed by atoms with E-state index in [0.29, 0.717) is 11.5 Å². The summed E-state index contributed by atoms with van der Waals surface area (Å²) in [7, 11) is 0. The number of H-pyrrole nitrogens is 1. The lowest BCUT2D eigenvalue weighted by molar-refractivity contribution is -0.137. The number of hydrogen-bond donors (Lipinski definition) is 2. The summed E-state index contributed by atoms with van der Waals surface area (Å²) >= 11 is 0. The second-order valence-electron chi connectivity index (χ2n) is 9.49. The number of imidazole rings is 2. The van der Waals surface area contributed by atoms with Crippen molar-refractivity contribution >= 4 is 17.2 Å². The first-order valence-electron chi connectivity index (χ1n) is 12.3. The summed E-state index contributed by atoms with van der Waals surface area (Å²) in [5.41, 5.74) is 4.60. The fourth-order valence-electron chi connectivity index (χ4n) is 4.73. The van der Waals surface area contributed by atoms with Crippen LogP contribution in [0.15, 0.2) is 73.6 Å². The summed E-state index contributed by atoms with van der Waals surface area (Å²) in [5, 5.41) is 9.62. The van der Waals surface area contributed by atoms with Gasteiger partial charge in [0.2, 0.25) is 0 Å². The van der Waals surface area contributed by atoms with Gasteiger partial charge in [0.15, 0.2) is 5.65 Å². The Hall–Kier alpha value is -5.13. The van der Waals surface area contributed by atoms with E-state index in [1.165, 1.54) is 16.8 Å². The third-order valence-electron chi connectivity index (χ3n) is 6.74. The molecule has 0 saturated carbocycles. The van der Waals surface area contributed by atoms with E-state index in [1.807, 2.05) is 35.3 Å². The third kappa shape index (κ3) is 4.32. The summed E-state index contributed by atoms with van der Waals surface area (Å²) in [6.45, 7) is 5.56. The van der Waals surface area contributed by atoms with Crippen molar-refractivity contribution < 1.29 is 18.0 Å². The lowest BCUT2D eigenvalue weighted by atomic mass is 10.1. The predicted octanol–water partition coefficient (Wildman–Crippen LogP) is 5.90. The van der Waals surface area contributed by atoms with Crippen LogP contribution in [0.3, 0.4) is 0 Å². The Bertz CT molecular complexity index is 1880. The molecule has 202 valence electrons. The van der Waals surface area contributed by atoms with E-state index < -0.39 is 17.6 Å². The molecule has 1 amide bonds. The predicted molar refractivity (Wildman–Crippen MR) is 143 cm³/mol. The highest BCUT2D eigenvalue weighted by molar-refractivity contribution is 6.05. The molecular formula is C28H23F3N8O. The van der Waals surface area contributed by atoms with Crippen LogP contribution in [0.25, 0.3) is 28.3 Å². The van der Waals surface area contributed by atoms with Gasteiger partial charge < -0.3 is 9.88 Å². The summed E-state index contributed by atoms with van der Waals surface area (Å²) < 4.78 is 46.6. The van der Waals surface area contributed by atoms with Gasteiger partial charge >= 0.3 is 6.18 Å². The van der Waals surface area contributed by atoms with Crippen molar-refractivity contribution in [3.8, 4) is 22.6 Å². The highest BCUT2D eigenvalue weighted by Crippen LogP contribution is 2.32. The molecule has 4 heterocycles. The monoisotopic (exact) mass is 544 g/mol. The van der Waals surface area contributed by atoms with Gasteiger partial charge in [0.25, 0.3) is 5.91 Å². The van der Waals surface area contributed by atoms with E-state index in [-0.39, 0.29) is 11.3 Å². The molecule has 0 spiro atoms. The second kappa shape index (κ2) is 9.26. The molecule has 0 unspecified atom stereocenters. The van der Waals surface area contributed by atoms with Crippen molar-refractivity contribution in [3.05, 3.63) is 102 Å². The Kier molecular flexibility index (Phi) is 5.82. The van der Waals surface area contributed by atoms with Gasteiger partial charge in [0.05, 0.1) is 29.3 Å². The Morgan fingerprint density at radius 3 is 2.52 bits per heavy atom. The van der Waals surface area contributed by atoms with E-state index in [1.54, 1.807) is 43.8 Å². The van der Waals surface area contributed by atoms with Gasteiger partial charge in [-0.05, 0) is 56.7 Å². The Labute approximate surface area is 225 Å². The Balaban J connectivity index is 1.39. The van der Waals surface area contributed by atoms with E-state index in [4.69, 9.17) is 0 Å². The number of carbonyl (C=O) groups excluding carboxylic acids is 1. The van der Waals surface area contributed by atoms with Crippen LogP contribution in [-0.4, -0.2) is 39.8 Å². The van der Waals surface area contributed by atoms with Crippen LogP contribution in [0.2, 0.25) is 0 Å². The number of anilines is 1. The number of carbonyl (C=O) groups is 1. The van der Waals surface area contributed by atoms with Crippen molar-refractivity contribution in [2.45, 2.75) is 26.9 Å². The van der Waals surface area contributed by atoms with Crippen LogP contribution in [0, 0.1) is 20.8 Å². The zero-order valence-corrected chi connectivity index (χ0v) is 21.7. The first-order chi connectivity index (χ1) is 19.1. The lowest BCUT2D eigenvalue weighted by Gasteiger charge is -2.15. The van der Waals surface area contributed by atoms with E-state index in [9.17, 15) is 18.0 Å². The minimum Gasteiger partial charge on any atom is -0.322 e. The fraction of sp³-hybridized carbons (Fsp3) is 0.143. The zero-order chi connectivity index (χ0) is 28.2. The molecule has 4 aromatic heterocycles. The summed E-state index contributed by atoms with van der Waals surface area (Å²) in [5.74, 6) is -0.174. The SMILES string of the molecule is Cc1ccc(NC(=O)c2cc(-n3ccnc3C)cc(C(F)(F)F)c2)cc1-n1cc(C)c2ncc(-c3cn[nH]c3)n21. The molecule has 0 aliphatic heterocycles. The van der Waals surface area contributed by atoms with E-state index >= 15 is 0 Å². The number of alkyl halides is 3. The molecule has 0 fully saturated rings. The van der Waals surface area contributed by atoms with E-state index in [0.717, 1.165) is 45.9 Å². The number of benzene rings is 2. The average molecular weight is 545 g/mol. The molecule has 2 aromatic carbocycles. The highest BCUT2D eigenvalue weighted by atomic mass is 19.4. The number of nitrogens with one attached hydrogen (secondary N) is 2. The first-order valence-corrected chi connectivity index (χ1v) is 12.3. The third-order valence-corrected chi connectivity index (χ3v) is 6.74. The van der Waals surface area contributed by atoms with E-state index in [2.05, 4.69) is 25.5 Å². The van der Waals surface area contributed by atoms with Gasteiger partial charge in [-0.2, -0.15) is 18.3 Å². The average Bonchev–Trinajstić information content (AvgIpc) is 3.71. The number of aryl methyl sites for hydroxylation is 3. The van der Waals surface area contributed by atoms with Crippen molar-refractivity contribution in [1.82, 2.24) is 33.9 Å². The smallest absolute Gasteiger partial charge is 0.322 e. The fourth-order valence-corrected chi connectivity index (χ4v) is 4.73. The molecule has 2 N–H and O–H groups in total. The van der Waals surface area contributed by atoms with Crippen LogP contribution in [-0.2, 0) is 6.18 Å². The molecule has 9 nitrogen and oxygen atoms in total. The highest BCUT2D eigenvalue weighted by Gasteiger charge is 2.32. The molecule has 0 aliphatic rings.